The first-order valence-corrected chi connectivity index (χ1v) is 9.49. The molecule has 0 amide bonds. The smallest absolute Gasteiger partial charge is 0.271 e. The molecule has 1 aromatic heterocycles. The summed E-state index contributed by atoms with van der Waals surface area (Å²) in [4.78, 5) is 15.0. The van der Waals surface area contributed by atoms with E-state index in [1.54, 1.807) is 6.07 Å². The van der Waals surface area contributed by atoms with Crippen LogP contribution in [0.4, 0.5) is 5.69 Å². The maximum absolute atomic E-state index is 10.9. The van der Waals surface area contributed by atoms with Gasteiger partial charge < -0.3 is 4.74 Å². The molecular formula is C22H16N2O3S. The van der Waals surface area contributed by atoms with E-state index in [4.69, 9.17) is 4.74 Å². The number of non-ortho nitro benzene ring substituents is 1. The molecule has 3 aromatic carbocycles. The van der Waals surface area contributed by atoms with Crippen molar-refractivity contribution in [2.24, 2.45) is 0 Å². The van der Waals surface area contributed by atoms with Gasteiger partial charge in [0.15, 0.2) is 0 Å². The highest BCUT2D eigenvalue weighted by atomic mass is 32.1. The summed E-state index contributed by atoms with van der Waals surface area (Å²) >= 11 is 1.50. The van der Waals surface area contributed by atoms with Crippen molar-refractivity contribution in [2.45, 2.75) is 6.61 Å². The van der Waals surface area contributed by atoms with Gasteiger partial charge >= 0.3 is 0 Å². The Hall–Kier alpha value is -3.51. The Kier molecular flexibility index (Phi) is 5.12. The Morgan fingerprint density at radius 1 is 1.00 bits per heavy atom. The molecule has 0 fully saturated rings. The third kappa shape index (κ3) is 4.24. The highest BCUT2D eigenvalue weighted by Gasteiger charge is 2.09. The molecule has 0 saturated heterocycles. The van der Waals surface area contributed by atoms with E-state index in [1.165, 1.54) is 23.5 Å². The van der Waals surface area contributed by atoms with Gasteiger partial charge in [-0.05, 0) is 35.4 Å². The number of hydrogen-bond acceptors (Lipinski definition) is 5. The van der Waals surface area contributed by atoms with E-state index in [0.29, 0.717) is 12.1 Å². The second-order valence-corrected chi connectivity index (χ2v) is 7.20. The fraction of sp³-hybridized carbons (Fsp3) is 0.0455. The van der Waals surface area contributed by atoms with Gasteiger partial charge in [0, 0.05) is 12.1 Å². The van der Waals surface area contributed by atoms with Crippen LogP contribution in [0.5, 0.6) is 5.75 Å². The lowest BCUT2D eigenvalue weighted by Crippen LogP contribution is -1.94. The first-order chi connectivity index (χ1) is 13.7. The van der Waals surface area contributed by atoms with E-state index in [9.17, 15) is 10.1 Å². The summed E-state index contributed by atoms with van der Waals surface area (Å²) in [6.45, 7) is 0.519. The van der Waals surface area contributed by atoms with Crippen molar-refractivity contribution in [1.29, 1.82) is 0 Å². The minimum atomic E-state index is -0.407. The van der Waals surface area contributed by atoms with E-state index in [1.807, 2.05) is 66.7 Å². The van der Waals surface area contributed by atoms with Crippen LogP contribution in [0.1, 0.15) is 16.1 Å². The standard InChI is InChI=1S/C22H16N2O3S/c25-24(26)18-10-11-21-20(14-18)23-22(28-21)12-9-16-7-4-8-19(13-16)27-15-17-5-2-1-3-6-17/h1-14H,15H2. The van der Waals surface area contributed by atoms with Crippen molar-refractivity contribution >= 4 is 39.4 Å². The summed E-state index contributed by atoms with van der Waals surface area (Å²) in [6.07, 6.45) is 3.87. The Morgan fingerprint density at radius 3 is 2.68 bits per heavy atom. The van der Waals surface area contributed by atoms with Gasteiger partial charge in [-0.1, -0.05) is 48.5 Å². The summed E-state index contributed by atoms with van der Waals surface area (Å²) < 4.78 is 6.78. The SMILES string of the molecule is O=[N+]([O-])c1ccc2sc(C=Cc3cccc(OCc4ccccc4)c3)nc2c1. The van der Waals surface area contributed by atoms with Crippen LogP contribution in [-0.2, 0) is 6.61 Å². The zero-order valence-electron chi connectivity index (χ0n) is 14.8. The topological polar surface area (TPSA) is 65.3 Å². The molecule has 1 heterocycles. The molecule has 0 spiro atoms. The minimum Gasteiger partial charge on any atom is -0.489 e. The van der Waals surface area contributed by atoms with Crippen LogP contribution in [0.3, 0.4) is 0 Å². The van der Waals surface area contributed by atoms with Gasteiger partial charge in [0.2, 0.25) is 0 Å². The molecule has 4 rings (SSSR count). The van der Waals surface area contributed by atoms with E-state index in [-0.39, 0.29) is 5.69 Å². The molecule has 138 valence electrons. The zero-order valence-corrected chi connectivity index (χ0v) is 15.6. The molecule has 0 N–H and O–H groups in total. The van der Waals surface area contributed by atoms with Crippen molar-refractivity contribution in [3.05, 3.63) is 99.0 Å². The number of benzene rings is 3. The van der Waals surface area contributed by atoms with E-state index in [0.717, 1.165) is 26.6 Å². The molecule has 5 nitrogen and oxygen atoms in total. The quantitative estimate of drug-likeness (QED) is 0.302. The van der Waals surface area contributed by atoms with Gasteiger partial charge in [-0.3, -0.25) is 10.1 Å². The number of fused-ring (bicyclic) bond motifs is 1. The van der Waals surface area contributed by atoms with Crippen molar-refractivity contribution in [3.63, 3.8) is 0 Å². The lowest BCUT2D eigenvalue weighted by atomic mass is 10.2. The van der Waals surface area contributed by atoms with Gasteiger partial charge in [0.25, 0.3) is 5.69 Å². The van der Waals surface area contributed by atoms with Crippen LogP contribution in [0, 0.1) is 10.1 Å². The average molecular weight is 388 g/mol. The van der Waals surface area contributed by atoms with Crippen molar-refractivity contribution in [3.8, 4) is 5.75 Å². The maximum Gasteiger partial charge on any atom is 0.271 e. The summed E-state index contributed by atoms with van der Waals surface area (Å²) in [5.41, 5.74) is 2.80. The number of hydrogen-bond donors (Lipinski definition) is 0. The number of ether oxygens (including phenoxy) is 1. The second kappa shape index (κ2) is 8.02. The van der Waals surface area contributed by atoms with Crippen molar-refractivity contribution in [1.82, 2.24) is 4.98 Å². The molecule has 0 atom stereocenters. The Balaban J connectivity index is 1.48. The number of nitro benzene ring substituents is 1. The Labute approximate surface area is 165 Å². The molecule has 0 aliphatic heterocycles. The highest BCUT2D eigenvalue weighted by molar-refractivity contribution is 7.19. The fourth-order valence-electron chi connectivity index (χ4n) is 2.73. The summed E-state index contributed by atoms with van der Waals surface area (Å²) in [6, 6.07) is 22.6. The molecule has 0 aliphatic rings. The predicted molar refractivity (Wildman–Crippen MR) is 112 cm³/mol. The normalized spacial score (nSPS) is 11.1. The molecule has 4 aromatic rings. The Morgan fingerprint density at radius 2 is 1.86 bits per heavy atom. The average Bonchev–Trinajstić information content (AvgIpc) is 3.14. The van der Waals surface area contributed by atoms with Crippen LogP contribution in [0.15, 0.2) is 72.8 Å². The molecule has 0 aliphatic carbocycles. The van der Waals surface area contributed by atoms with Gasteiger partial charge in [-0.15, -0.1) is 11.3 Å². The number of nitro groups is 1. The first kappa shape index (κ1) is 17.9. The second-order valence-electron chi connectivity index (χ2n) is 6.14. The van der Waals surface area contributed by atoms with Crippen molar-refractivity contribution in [2.75, 3.05) is 0 Å². The predicted octanol–water partition coefficient (Wildman–Crippen LogP) is 5.95. The van der Waals surface area contributed by atoms with E-state index >= 15 is 0 Å². The zero-order chi connectivity index (χ0) is 19.3. The molecule has 6 heteroatoms. The van der Waals surface area contributed by atoms with Crippen LogP contribution in [0.25, 0.3) is 22.4 Å². The van der Waals surface area contributed by atoms with Crippen LogP contribution in [-0.4, -0.2) is 9.91 Å². The molecule has 0 unspecified atom stereocenters. The number of nitrogens with zero attached hydrogens (tertiary/aromatic N) is 2. The fourth-order valence-corrected chi connectivity index (χ4v) is 3.59. The van der Waals surface area contributed by atoms with Gasteiger partial charge in [-0.2, -0.15) is 0 Å². The van der Waals surface area contributed by atoms with E-state index < -0.39 is 4.92 Å². The monoisotopic (exact) mass is 388 g/mol. The van der Waals surface area contributed by atoms with Gasteiger partial charge in [-0.25, -0.2) is 4.98 Å². The van der Waals surface area contributed by atoms with Crippen molar-refractivity contribution < 1.29 is 9.66 Å². The molecule has 28 heavy (non-hydrogen) atoms. The lowest BCUT2D eigenvalue weighted by molar-refractivity contribution is -0.384. The molecule has 0 radical (unpaired) electrons. The molecule has 0 saturated carbocycles. The van der Waals surface area contributed by atoms with Crippen LogP contribution < -0.4 is 4.74 Å². The van der Waals surface area contributed by atoms with Gasteiger partial charge in [0.1, 0.15) is 17.4 Å². The Bertz CT molecular complexity index is 1150. The van der Waals surface area contributed by atoms with Crippen LogP contribution >= 0.6 is 11.3 Å². The first-order valence-electron chi connectivity index (χ1n) is 8.67. The summed E-state index contributed by atoms with van der Waals surface area (Å²) in [7, 11) is 0. The van der Waals surface area contributed by atoms with Crippen LogP contribution in [0.2, 0.25) is 0 Å². The molecule has 0 bridgehead atoms. The third-order valence-corrected chi connectivity index (χ3v) is 5.12. The minimum absolute atomic E-state index is 0.0524. The highest BCUT2D eigenvalue weighted by Crippen LogP contribution is 2.27. The number of thiazole rings is 1. The lowest BCUT2D eigenvalue weighted by Gasteiger charge is -2.06. The molecular weight excluding hydrogens is 372 g/mol. The number of rotatable bonds is 6. The number of aromatic nitrogens is 1. The summed E-state index contributed by atoms with van der Waals surface area (Å²) in [5.74, 6) is 0.797. The maximum atomic E-state index is 10.9. The summed E-state index contributed by atoms with van der Waals surface area (Å²) in [5, 5.41) is 11.7. The third-order valence-electron chi connectivity index (χ3n) is 4.12. The largest absolute Gasteiger partial charge is 0.489 e. The van der Waals surface area contributed by atoms with Gasteiger partial charge in [0.05, 0.1) is 15.1 Å². The van der Waals surface area contributed by atoms with E-state index in [2.05, 4.69) is 4.98 Å².